The Bertz CT molecular complexity index is 201. The van der Waals surface area contributed by atoms with E-state index in [2.05, 4.69) is 0 Å². The summed E-state index contributed by atoms with van der Waals surface area (Å²) in [6.07, 6.45) is 0.319. The smallest absolute Gasteiger partial charge is 0.310 e. The molecule has 0 atom stereocenters. The molecule has 70 valence electrons. The van der Waals surface area contributed by atoms with Crippen LogP contribution in [0.15, 0.2) is 0 Å². The average molecular weight is 174 g/mol. The van der Waals surface area contributed by atoms with E-state index in [9.17, 15) is 9.18 Å². The minimum absolute atomic E-state index is 0.0128. The lowest BCUT2D eigenvalue weighted by Gasteiger charge is -2.49. The first-order valence-electron chi connectivity index (χ1n) is 4.22. The van der Waals surface area contributed by atoms with Gasteiger partial charge in [-0.05, 0) is 25.7 Å². The molecule has 0 amide bonds. The fraction of sp³-hybridized carbons (Fsp3) is 0.889. The van der Waals surface area contributed by atoms with Crippen molar-refractivity contribution in [1.29, 1.82) is 0 Å². The lowest BCUT2D eigenvalue weighted by atomic mass is 9.56. The number of hydrogen-bond donors (Lipinski definition) is 1. The van der Waals surface area contributed by atoms with E-state index < -0.39 is 17.1 Å². The summed E-state index contributed by atoms with van der Waals surface area (Å²) in [4.78, 5) is 10.9. The summed E-state index contributed by atoms with van der Waals surface area (Å²) in [5, 5.41) is 8.92. The molecule has 1 rings (SSSR count). The third-order valence-corrected chi connectivity index (χ3v) is 2.90. The molecule has 0 aliphatic heterocycles. The SMILES string of the molecule is CC(C)C1(C(=O)O)CC(C)(F)C1. The first kappa shape index (κ1) is 9.49. The highest BCUT2D eigenvalue weighted by molar-refractivity contribution is 5.76. The maximum atomic E-state index is 13.2. The van der Waals surface area contributed by atoms with Crippen molar-refractivity contribution in [2.75, 3.05) is 0 Å². The highest BCUT2D eigenvalue weighted by atomic mass is 19.1. The molecular weight excluding hydrogens is 159 g/mol. The molecule has 1 aliphatic carbocycles. The minimum atomic E-state index is -1.26. The van der Waals surface area contributed by atoms with Crippen molar-refractivity contribution >= 4 is 5.97 Å². The number of carboxylic acid groups (broad SMARTS) is 1. The molecule has 0 unspecified atom stereocenters. The van der Waals surface area contributed by atoms with Crippen molar-refractivity contribution in [3.8, 4) is 0 Å². The van der Waals surface area contributed by atoms with Gasteiger partial charge in [0.1, 0.15) is 5.67 Å². The zero-order chi connectivity index (χ0) is 9.57. The van der Waals surface area contributed by atoms with E-state index in [1.165, 1.54) is 6.92 Å². The number of hydrogen-bond acceptors (Lipinski definition) is 1. The van der Waals surface area contributed by atoms with Gasteiger partial charge >= 0.3 is 5.97 Å². The quantitative estimate of drug-likeness (QED) is 0.697. The normalized spacial score (nSPS) is 41.1. The van der Waals surface area contributed by atoms with Gasteiger partial charge in [-0.3, -0.25) is 4.79 Å². The Labute approximate surface area is 71.8 Å². The van der Waals surface area contributed by atoms with E-state index in [1.807, 2.05) is 13.8 Å². The lowest BCUT2D eigenvalue weighted by molar-refractivity contribution is -0.173. The summed E-state index contributed by atoms with van der Waals surface area (Å²) in [6, 6.07) is 0. The molecular formula is C9H15FO2. The molecule has 0 aromatic heterocycles. The first-order valence-corrected chi connectivity index (χ1v) is 4.22. The van der Waals surface area contributed by atoms with Gasteiger partial charge in [0.15, 0.2) is 0 Å². The van der Waals surface area contributed by atoms with Gasteiger partial charge in [-0.15, -0.1) is 0 Å². The molecule has 0 aromatic rings. The van der Waals surface area contributed by atoms with E-state index in [0.717, 1.165) is 0 Å². The number of halogens is 1. The number of alkyl halides is 1. The Morgan fingerprint density at radius 3 is 2.00 bits per heavy atom. The maximum Gasteiger partial charge on any atom is 0.310 e. The van der Waals surface area contributed by atoms with Gasteiger partial charge in [-0.25, -0.2) is 4.39 Å². The van der Waals surface area contributed by atoms with Gasteiger partial charge in [-0.1, -0.05) is 13.8 Å². The van der Waals surface area contributed by atoms with Crippen LogP contribution in [0.25, 0.3) is 0 Å². The van der Waals surface area contributed by atoms with Crippen LogP contribution in [-0.4, -0.2) is 16.7 Å². The van der Waals surface area contributed by atoms with Crippen LogP contribution >= 0.6 is 0 Å². The summed E-state index contributed by atoms with van der Waals surface area (Å²) in [5.74, 6) is -0.841. The molecule has 3 heteroatoms. The fourth-order valence-electron chi connectivity index (χ4n) is 2.07. The average Bonchev–Trinajstić information content (AvgIpc) is 1.80. The summed E-state index contributed by atoms with van der Waals surface area (Å²) in [6.45, 7) is 5.14. The Morgan fingerprint density at radius 2 is 1.92 bits per heavy atom. The molecule has 0 saturated heterocycles. The van der Waals surface area contributed by atoms with E-state index in [0.29, 0.717) is 0 Å². The molecule has 1 N–H and O–H groups in total. The minimum Gasteiger partial charge on any atom is -0.481 e. The highest BCUT2D eigenvalue weighted by Gasteiger charge is 2.59. The first-order chi connectivity index (χ1) is 5.30. The van der Waals surface area contributed by atoms with E-state index in [-0.39, 0.29) is 18.8 Å². The van der Waals surface area contributed by atoms with Crippen LogP contribution in [0.1, 0.15) is 33.6 Å². The van der Waals surface area contributed by atoms with Gasteiger partial charge in [-0.2, -0.15) is 0 Å². The summed E-state index contributed by atoms with van der Waals surface area (Å²) in [5.41, 5.74) is -2.06. The van der Waals surface area contributed by atoms with Crippen molar-refractivity contribution < 1.29 is 14.3 Å². The molecule has 1 saturated carbocycles. The highest BCUT2D eigenvalue weighted by Crippen LogP contribution is 2.55. The van der Waals surface area contributed by atoms with E-state index >= 15 is 0 Å². The Kier molecular flexibility index (Phi) is 1.93. The Balaban J connectivity index is 2.76. The molecule has 0 heterocycles. The van der Waals surface area contributed by atoms with E-state index in [1.54, 1.807) is 0 Å². The summed E-state index contributed by atoms with van der Waals surface area (Å²) >= 11 is 0. The summed E-state index contributed by atoms with van der Waals surface area (Å²) < 4.78 is 13.2. The van der Waals surface area contributed by atoms with E-state index in [4.69, 9.17) is 5.11 Å². The van der Waals surface area contributed by atoms with Crippen LogP contribution in [0.2, 0.25) is 0 Å². The Hall–Kier alpha value is -0.600. The molecule has 0 bridgehead atoms. The molecule has 2 nitrogen and oxygen atoms in total. The van der Waals surface area contributed by atoms with Crippen molar-refractivity contribution in [2.24, 2.45) is 11.3 Å². The van der Waals surface area contributed by atoms with Crippen molar-refractivity contribution in [3.63, 3.8) is 0 Å². The van der Waals surface area contributed by atoms with Crippen molar-refractivity contribution in [3.05, 3.63) is 0 Å². The predicted octanol–water partition coefficient (Wildman–Crippen LogP) is 2.24. The third kappa shape index (κ3) is 1.21. The van der Waals surface area contributed by atoms with Crippen molar-refractivity contribution in [1.82, 2.24) is 0 Å². The number of carboxylic acids is 1. The summed E-state index contributed by atoms with van der Waals surface area (Å²) in [7, 11) is 0. The van der Waals surface area contributed by atoms with Crippen LogP contribution < -0.4 is 0 Å². The zero-order valence-corrected chi connectivity index (χ0v) is 7.72. The van der Waals surface area contributed by atoms with Gasteiger partial charge in [0, 0.05) is 0 Å². The van der Waals surface area contributed by atoms with Crippen LogP contribution in [0.4, 0.5) is 4.39 Å². The third-order valence-electron chi connectivity index (χ3n) is 2.90. The van der Waals surface area contributed by atoms with Crippen molar-refractivity contribution in [2.45, 2.75) is 39.3 Å². The van der Waals surface area contributed by atoms with Crippen LogP contribution in [-0.2, 0) is 4.79 Å². The van der Waals surface area contributed by atoms with Gasteiger partial charge in [0.05, 0.1) is 5.41 Å². The topological polar surface area (TPSA) is 37.3 Å². The second-order valence-electron chi connectivity index (χ2n) is 4.38. The predicted molar refractivity (Wildman–Crippen MR) is 43.7 cm³/mol. The molecule has 0 spiro atoms. The van der Waals surface area contributed by atoms with Gasteiger partial charge in [0.25, 0.3) is 0 Å². The Morgan fingerprint density at radius 1 is 1.50 bits per heavy atom. The lowest BCUT2D eigenvalue weighted by Crippen LogP contribution is -2.54. The molecule has 1 aliphatic rings. The van der Waals surface area contributed by atoms with Gasteiger partial charge in [0.2, 0.25) is 0 Å². The van der Waals surface area contributed by atoms with Crippen LogP contribution in [0, 0.1) is 11.3 Å². The largest absolute Gasteiger partial charge is 0.481 e. The molecule has 1 fully saturated rings. The second kappa shape index (κ2) is 2.44. The zero-order valence-electron chi connectivity index (χ0n) is 7.72. The fourth-order valence-corrected chi connectivity index (χ4v) is 2.07. The maximum absolute atomic E-state index is 13.2. The molecule has 12 heavy (non-hydrogen) atoms. The monoisotopic (exact) mass is 174 g/mol. The van der Waals surface area contributed by atoms with Crippen LogP contribution in [0.5, 0.6) is 0 Å². The second-order valence-corrected chi connectivity index (χ2v) is 4.38. The number of aliphatic carboxylic acids is 1. The van der Waals surface area contributed by atoms with Gasteiger partial charge < -0.3 is 5.11 Å². The number of carbonyl (C=O) groups is 1. The number of rotatable bonds is 2. The van der Waals surface area contributed by atoms with Crippen LogP contribution in [0.3, 0.4) is 0 Å². The standard InChI is InChI=1S/C9H15FO2/c1-6(2)9(7(11)12)4-8(3,10)5-9/h6H,4-5H2,1-3H3,(H,11,12). The molecule has 0 radical (unpaired) electrons. The molecule has 0 aromatic carbocycles.